The summed E-state index contributed by atoms with van der Waals surface area (Å²) < 4.78 is 31.9. The maximum atomic E-state index is 13.3. The third-order valence-corrected chi connectivity index (χ3v) is 8.35. The number of hydrogen-bond donors (Lipinski definition) is 0. The molecule has 0 saturated heterocycles. The molecule has 10 heteroatoms. The minimum Gasteiger partial charge on any atom is -0.492 e. The average Bonchev–Trinajstić information content (AvgIpc) is 3.28. The number of anilines is 1. The Hall–Kier alpha value is -3.01. The van der Waals surface area contributed by atoms with E-state index < -0.39 is 9.84 Å². The first-order valence-corrected chi connectivity index (χ1v) is 13.9. The van der Waals surface area contributed by atoms with Crippen molar-refractivity contribution in [3.05, 3.63) is 77.6 Å². The van der Waals surface area contributed by atoms with E-state index in [1.807, 2.05) is 37.3 Å². The number of aromatic nitrogens is 2. The number of ether oxygens (including phenoxy) is 1. The molecule has 0 unspecified atom stereocenters. The standard InChI is InChI=1S/C25H24ClN3O4S2/c1-2-33-21-7-3-8-22-24(21)28-25(34-22)29(17-18-6-4-14-27-16-18)23(30)9-5-15-35(31,32)20-12-10-19(26)11-13-20/h3-4,6-8,10-14,16H,2,5,9,15,17H2,1H3. The molecule has 0 aliphatic rings. The predicted octanol–water partition coefficient (Wildman–Crippen LogP) is 5.53. The molecule has 0 bridgehead atoms. The molecule has 2 heterocycles. The minimum absolute atomic E-state index is 0.0569. The number of fused-ring (bicyclic) bond motifs is 1. The third-order valence-electron chi connectivity index (χ3n) is 5.24. The Kier molecular flexibility index (Phi) is 8.00. The van der Waals surface area contributed by atoms with Crippen LogP contribution in [0.4, 0.5) is 5.13 Å². The summed E-state index contributed by atoms with van der Waals surface area (Å²) in [5, 5.41) is 0.995. The van der Waals surface area contributed by atoms with Crippen molar-refractivity contribution in [3.63, 3.8) is 0 Å². The van der Waals surface area contributed by atoms with Crippen molar-refractivity contribution in [2.45, 2.75) is 31.2 Å². The fraction of sp³-hybridized carbons (Fsp3) is 0.240. The van der Waals surface area contributed by atoms with Crippen molar-refractivity contribution in [1.29, 1.82) is 0 Å². The van der Waals surface area contributed by atoms with E-state index in [4.69, 9.17) is 21.3 Å². The number of nitrogens with zero attached hydrogens (tertiary/aromatic N) is 3. The lowest BCUT2D eigenvalue weighted by molar-refractivity contribution is -0.118. The van der Waals surface area contributed by atoms with Crippen molar-refractivity contribution in [3.8, 4) is 5.75 Å². The first-order valence-electron chi connectivity index (χ1n) is 11.1. The number of hydrogen-bond acceptors (Lipinski definition) is 7. The summed E-state index contributed by atoms with van der Waals surface area (Å²) in [5.74, 6) is 0.308. The Morgan fingerprint density at radius 1 is 1.11 bits per heavy atom. The van der Waals surface area contributed by atoms with Crippen LogP contribution in [-0.2, 0) is 21.2 Å². The number of para-hydroxylation sites is 1. The van der Waals surface area contributed by atoms with Crippen LogP contribution in [0.1, 0.15) is 25.3 Å². The number of benzene rings is 2. The van der Waals surface area contributed by atoms with E-state index in [-0.39, 0.29) is 35.9 Å². The highest BCUT2D eigenvalue weighted by atomic mass is 35.5. The second-order valence-electron chi connectivity index (χ2n) is 7.75. The lowest BCUT2D eigenvalue weighted by Crippen LogP contribution is -2.30. The molecule has 0 radical (unpaired) electrons. The molecule has 0 spiro atoms. The largest absolute Gasteiger partial charge is 0.492 e. The van der Waals surface area contributed by atoms with Crippen molar-refractivity contribution in [1.82, 2.24) is 9.97 Å². The Morgan fingerprint density at radius 2 is 1.91 bits per heavy atom. The van der Waals surface area contributed by atoms with Crippen LogP contribution >= 0.6 is 22.9 Å². The van der Waals surface area contributed by atoms with Gasteiger partial charge in [-0.3, -0.25) is 14.7 Å². The minimum atomic E-state index is -3.52. The molecule has 4 rings (SSSR count). The topological polar surface area (TPSA) is 89.5 Å². The molecule has 7 nitrogen and oxygen atoms in total. The number of pyridine rings is 1. The van der Waals surface area contributed by atoms with Crippen LogP contribution in [0.25, 0.3) is 10.2 Å². The van der Waals surface area contributed by atoms with E-state index in [0.717, 1.165) is 10.3 Å². The smallest absolute Gasteiger partial charge is 0.229 e. The quantitative estimate of drug-likeness (QED) is 0.268. The van der Waals surface area contributed by atoms with Crippen LogP contribution in [0.5, 0.6) is 5.75 Å². The van der Waals surface area contributed by atoms with Gasteiger partial charge >= 0.3 is 0 Å². The zero-order valence-corrected chi connectivity index (χ0v) is 21.4. The zero-order chi connectivity index (χ0) is 24.8. The summed E-state index contributed by atoms with van der Waals surface area (Å²) in [5.41, 5.74) is 1.54. The Labute approximate surface area is 213 Å². The molecule has 35 heavy (non-hydrogen) atoms. The van der Waals surface area contributed by atoms with E-state index in [1.54, 1.807) is 29.4 Å². The number of sulfone groups is 1. The highest BCUT2D eigenvalue weighted by Crippen LogP contribution is 2.35. The second-order valence-corrected chi connectivity index (χ2v) is 11.3. The normalized spacial score (nSPS) is 11.5. The highest BCUT2D eigenvalue weighted by molar-refractivity contribution is 7.91. The van der Waals surface area contributed by atoms with Gasteiger partial charge in [-0.05, 0) is 61.4 Å². The zero-order valence-electron chi connectivity index (χ0n) is 19.1. The first kappa shape index (κ1) is 25.1. The number of carbonyl (C=O) groups is 1. The van der Waals surface area contributed by atoms with Gasteiger partial charge in [0.25, 0.3) is 0 Å². The van der Waals surface area contributed by atoms with Gasteiger partial charge in [0.15, 0.2) is 15.0 Å². The van der Waals surface area contributed by atoms with Gasteiger partial charge in [-0.2, -0.15) is 0 Å². The Balaban J connectivity index is 1.55. The Morgan fingerprint density at radius 3 is 2.63 bits per heavy atom. The third kappa shape index (κ3) is 6.17. The monoisotopic (exact) mass is 529 g/mol. The van der Waals surface area contributed by atoms with Gasteiger partial charge in [0.1, 0.15) is 11.3 Å². The van der Waals surface area contributed by atoms with Crippen LogP contribution in [-0.4, -0.2) is 36.7 Å². The van der Waals surface area contributed by atoms with Crippen LogP contribution in [0, 0.1) is 0 Å². The maximum Gasteiger partial charge on any atom is 0.229 e. The van der Waals surface area contributed by atoms with Crippen LogP contribution in [0.2, 0.25) is 5.02 Å². The van der Waals surface area contributed by atoms with Gasteiger partial charge in [-0.25, -0.2) is 13.4 Å². The van der Waals surface area contributed by atoms with Crippen molar-refractivity contribution < 1.29 is 17.9 Å². The van der Waals surface area contributed by atoms with Crippen molar-refractivity contribution in [2.75, 3.05) is 17.3 Å². The summed E-state index contributed by atoms with van der Waals surface area (Å²) >= 11 is 7.25. The number of rotatable bonds is 10. The molecule has 0 N–H and O–H groups in total. The van der Waals surface area contributed by atoms with Gasteiger partial charge in [-0.1, -0.05) is 35.1 Å². The lowest BCUT2D eigenvalue weighted by Gasteiger charge is -2.20. The maximum absolute atomic E-state index is 13.3. The highest BCUT2D eigenvalue weighted by Gasteiger charge is 2.23. The van der Waals surface area contributed by atoms with Crippen LogP contribution in [0.3, 0.4) is 0 Å². The molecule has 4 aromatic rings. The molecule has 2 aromatic heterocycles. The van der Waals surface area contributed by atoms with E-state index in [2.05, 4.69) is 4.98 Å². The van der Waals surface area contributed by atoms with Gasteiger partial charge < -0.3 is 4.74 Å². The van der Waals surface area contributed by atoms with Crippen molar-refractivity contribution >= 4 is 54.0 Å². The molecule has 2 aromatic carbocycles. The molecule has 0 aliphatic heterocycles. The van der Waals surface area contributed by atoms with Gasteiger partial charge in [0.2, 0.25) is 5.91 Å². The van der Waals surface area contributed by atoms with Crippen LogP contribution < -0.4 is 9.64 Å². The van der Waals surface area contributed by atoms with E-state index in [0.29, 0.717) is 28.0 Å². The van der Waals surface area contributed by atoms with Gasteiger partial charge in [0.05, 0.1) is 28.5 Å². The summed E-state index contributed by atoms with van der Waals surface area (Å²) in [4.78, 5) is 24.0. The van der Waals surface area contributed by atoms with E-state index in [1.165, 1.54) is 23.5 Å². The molecular weight excluding hydrogens is 506 g/mol. The van der Waals surface area contributed by atoms with Crippen molar-refractivity contribution in [2.24, 2.45) is 0 Å². The van der Waals surface area contributed by atoms with E-state index in [9.17, 15) is 13.2 Å². The van der Waals surface area contributed by atoms with E-state index >= 15 is 0 Å². The number of amides is 1. The molecule has 1 amide bonds. The number of halogens is 1. The molecule has 0 atom stereocenters. The molecular formula is C25H24ClN3O4S2. The second kappa shape index (κ2) is 11.2. The summed E-state index contributed by atoms with van der Waals surface area (Å²) in [6, 6.07) is 15.4. The number of carbonyl (C=O) groups excluding carboxylic acids is 1. The summed E-state index contributed by atoms with van der Waals surface area (Å²) in [6.07, 6.45) is 3.61. The SMILES string of the molecule is CCOc1cccc2sc(N(Cc3cccnc3)C(=O)CCCS(=O)(=O)c3ccc(Cl)cc3)nc12. The fourth-order valence-electron chi connectivity index (χ4n) is 3.54. The molecule has 0 fully saturated rings. The molecule has 182 valence electrons. The Bertz CT molecular complexity index is 1410. The predicted molar refractivity (Wildman–Crippen MR) is 139 cm³/mol. The first-order chi connectivity index (χ1) is 16.9. The van der Waals surface area contributed by atoms with Crippen LogP contribution in [0.15, 0.2) is 71.9 Å². The van der Waals surface area contributed by atoms with Gasteiger partial charge in [-0.15, -0.1) is 0 Å². The summed E-state index contributed by atoms with van der Waals surface area (Å²) in [7, 11) is -3.52. The fourth-order valence-corrected chi connectivity index (χ4v) is 5.98. The molecule has 0 aliphatic carbocycles. The van der Waals surface area contributed by atoms with Gasteiger partial charge in [0, 0.05) is 23.8 Å². The lowest BCUT2D eigenvalue weighted by atomic mass is 10.2. The number of thiazole rings is 1. The summed E-state index contributed by atoms with van der Waals surface area (Å²) in [6.45, 7) is 2.69. The average molecular weight is 530 g/mol. The molecule has 0 saturated carbocycles.